The van der Waals surface area contributed by atoms with Gasteiger partial charge < -0.3 is 14.4 Å². The third-order valence-electron chi connectivity index (χ3n) is 4.65. The van der Waals surface area contributed by atoms with E-state index in [0.717, 1.165) is 5.57 Å². The van der Waals surface area contributed by atoms with Crippen LogP contribution in [-0.4, -0.2) is 27.8 Å². The van der Waals surface area contributed by atoms with Crippen molar-refractivity contribution in [2.45, 2.75) is 26.8 Å². The van der Waals surface area contributed by atoms with Crippen LogP contribution in [0.2, 0.25) is 0 Å². The van der Waals surface area contributed by atoms with E-state index in [4.69, 9.17) is 5.11 Å². The molecule has 30 heavy (non-hydrogen) atoms. The Kier molecular flexibility index (Phi) is 5.69. The lowest BCUT2D eigenvalue weighted by molar-refractivity contribution is -0.274. The van der Waals surface area contributed by atoms with E-state index in [2.05, 4.69) is 4.74 Å². The smallest absolute Gasteiger partial charge is 0.475 e. The van der Waals surface area contributed by atoms with Crippen molar-refractivity contribution in [3.63, 3.8) is 0 Å². The van der Waals surface area contributed by atoms with Crippen LogP contribution >= 0.6 is 0 Å². The van der Waals surface area contributed by atoms with Gasteiger partial charge in [0.2, 0.25) is 0 Å². The molecule has 3 rings (SSSR count). The number of halogens is 3. The summed E-state index contributed by atoms with van der Waals surface area (Å²) in [6.45, 7) is 4.29. The maximum Gasteiger partial charge on any atom is 0.573 e. The minimum atomic E-state index is -4.78. The van der Waals surface area contributed by atoms with Gasteiger partial charge in [-0.2, -0.15) is 0 Å². The van der Waals surface area contributed by atoms with Crippen molar-refractivity contribution in [2.24, 2.45) is 0 Å². The number of alkyl halides is 3. The molecular formula is C22H18F3NO4. The van der Waals surface area contributed by atoms with Crippen molar-refractivity contribution < 1.29 is 32.6 Å². The number of allylic oxidation sites excluding steroid dienone is 2. The Hall–Kier alpha value is -3.55. The van der Waals surface area contributed by atoms with Gasteiger partial charge in [-0.3, -0.25) is 4.79 Å². The van der Waals surface area contributed by atoms with Crippen molar-refractivity contribution in [3.8, 4) is 16.9 Å². The first-order valence-corrected chi connectivity index (χ1v) is 8.97. The van der Waals surface area contributed by atoms with Crippen LogP contribution in [0, 0.1) is 0 Å². The molecule has 1 heterocycles. The Labute approximate surface area is 170 Å². The van der Waals surface area contributed by atoms with E-state index in [-0.39, 0.29) is 11.3 Å². The fourth-order valence-corrected chi connectivity index (χ4v) is 3.11. The summed E-state index contributed by atoms with van der Waals surface area (Å²) in [4.78, 5) is 23.5. The minimum Gasteiger partial charge on any atom is -0.475 e. The molecule has 0 saturated heterocycles. The molecule has 156 valence electrons. The second kappa shape index (κ2) is 8.06. The number of fused-ring (bicyclic) bond motifs is 1. The summed E-state index contributed by atoms with van der Waals surface area (Å²) in [5.74, 6) is -2.93. The number of nitrogens with zero attached hydrogens (tertiary/aromatic N) is 1. The van der Waals surface area contributed by atoms with Crippen molar-refractivity contribution >= 4 is 22.7 Å². The largest absolute Gasteiger partial charge is 0.573 e. The van der Waals surface area contributed by atoms with Gasteiger partial charge in [-0.25, -0.2) is 4.79 Å². The molecule has 1 aromatic heterocycles. The number of ether oxygens (including phenoxy) is 1. The second-order valence-electron chi connectivity index (χ2n) is 6.74. The lowest BCUT2D eigenvalue weighted by atomic mass is 10.0. The van der Waals surface area contributed by atoms with Crippen LogP contribution in [0.15, 0.2) is 60.3 Å². The Morgan fingerprint density at radius 3 is 2.30 bits per heavy atom. The fraction of sp³-hybridized carbons (Fsp3) is 0.182. The Morgan fingerprint density at radius 1 is 1.10 bits per heavy atom. The molecular weight excluding hydrogens is 399 g/mol. The number of rotatable bonds is 6. The van der Waals surface area contributed by atoms with Crippen LogP contribution < -0.4 is 4.74 Å². The van der Waals surface area contributed by atoms with E-state index in [1.165, 1.54) is 30.5 Å². The molecule has 0 fully saturated rings. The maximum atomic E-state index is 12.3. The molecule has 0 saturated carbocycles. The topological polar surface area (TPSA) is 68.5 Å². The zero-order valence-electron chi connectivity index (χ0n) is 16.2. The first-order chi connectivity index (χ1) is 14.1. The fourth-order valence-electron chi connectivity index (χ4n) is 3.11. The highest BCUT2D eigenvalue weighted by Gasteiger charge is 2.31. The molecule has 0 radical (unpaired) electrons. The van der Waals surface area contributed by atoms with Crippen LogP contribution in [0.25, 0.3) is 22.0 Å². The molecule has 3 aromatic rings. The summed E-state index contributed by atoms with van der Waals surface area (Å²) in [5, 5.41) is 9.62. The summed E-state index contributed by atoms with van der Waals surface area (Å²) >= 11 is 0. The number of aromatic nitrogens is 1. The number of carbonyl (C=O) groups excluding carboxylic acids is 1. The lowest BCUT2D eigenvalue weighted by Gasteiger charge is -2.10. The van der Waals surface area contributed by atoms with E-state index < -0.39 is 18.1 Å². The molecule has 8 heteroatoms. The molecule has 2 aromatic carbocycles. The maximum absolute atomic E-state index is 12.3. The summed E-state index contributed by atoms with van der Waals surface area (Å²) in [6, 6.07) is 10.5. The molecule has 5 nitrogen and oxygen atoms in total. The quantitative estimate of drug-likeness (QED) is 0.329. The normalized spacial score (nSPS) is 12.2. The van der Waals surface area contributed by atoms with E-state index in [1.54, 1.807) is 22.8 Å². The predicted octanol–water partition coefficient (Wildman–Crippen LogP) is 5.44. The number of carboxylic acids is 1. The van der Waals surface area contributed by atoms with Crippen molar-refractivity contribution in [3.05, 3.63) is 65.9 Å². The standard InChI is InChI=1S/C22H18F3NO4/c1-3-13(2)11-26-12-18(20(27)21(28)29)17-10-15(6-9-19(17)26)14-4-7-16(8-5-14)30-22(23,24)25/h3-10,12H,11H2,1-2H3,(H,28,29)/b13-3+. The summed E-state index contributed by atoms with van der Waals surface area (Å²) < 4.78 is 42.7. The van der Waals surface area contributed by atoms with Gasteiger partial charge in [-0.1, -0.05) is 29.8 Å². The van der Waals surface area contributed by atoms with Crippen molar-refractivity contribution in [2.75, 3.05) is 0 Å². The van der Waals surface area contributed by atoms with Gasteiger partial charge >= 0.3 is 12.3 Å². The summed E-state index contributed by atoms with van der Waals surface area (Å²) in [6.07, 6.45) is -1.35. The molecule has 0 amide bonds. The van der Waals surface area contributed by atoms with Gasteiger partial charge in [0.05, 0.1) is 5.56 Å². The Bertz CT molecular complexity index is 1140. The van der Waals surface area contributed by atoms with Crippen molar-refractivity contribution in [1.29, 1.82) is 0 Å². The predicted molar refractivity (Wildman–Crippen MR) is 105 cm³/mol. The third kappa shape index (κ3) is 4.53. The molecule has 0 spiro atoms. The number of benzene rings is 2. The first-order valence-electron chi connectivity index (χ1n) is 8.97. The highest BCUT2D eigenvalue weighted by molar-refractivity contribution is 6.42. The van der Waals surface area contributed by atoms with Gasteiger partial charge in [0, 0.05) is 23.6 Å². The van der Waals surface area contributed by atoms with Gasteiger partial charge in [-0.15, -0.1) is 13.2 Å². The zero-order valence-corrected chi connectivity index (χ0v) is 16.2. The van der Waals surface area contributed by atoms with E-state index in [0.29, 0.717) is 28.6 Å². The van der Waals surface area contributed by atoms with Gasteiger partial charge in [-0.05, 0) is 49.2 Å². The number of hydrogen-bond acceptors (Lipinski definition) is 3. The molecule has 0 bridgehead atoms. The SMILES string of the molecule is C/C=C(\C)Cn1cc(C(=O)C(=O)O)c2cc(-c3ccc(OC(F)(F)F)cc3)ccc21. The number of ketones is 1. The second-order valence-corrected chi connectivity index (χ2v) is 6.74. The average molecular weight is 417 g/mol. The first kappa shape index (κ1) is 21.2. The Balaban J connectivity index is 2.07. The van der Waals surface area contributed by atoms with Gasteiger partial charge in [0.25, 0.3) is 5.78 Å². The number of Topliss-reactive ketones (excluding diaryl/α,β-unsaturated/α-hetero) is 1. The van der Waals surface area contributed by atoms with Crippen LogP contribution in [-0.2, 0) is 11.3 Å². The molecule has 0 unspecified atom stereocenters. The highest BCUT2D eigenvalue weighted by Crippen LogP contribution is 2.31. The van der Waals surface area contributed by atoms with Crippen molar-refractivity contribution in [1.82, 2.24) is 4.57 Å². The number of aliphatic carboxylic acids is 1. The number of carboxylic acid groups (broad SMARTS) is 1. The third-order valence-corrected chi connectivity index (χ3v) is 4.65. The lowest BCUT2D eigenvalue weighted by Crippen LogP contribution is -2.16. The monoisotopic (exact) mass is 417 g/mol. The molecule has 0 aliphatic rings. The Morgan fingerprint density at radius 2 is 1.73 bits per heavy atom. The highest BCUT2D eigenvalue weighted by atomic mass is 19.4. The minimum absolute atomic E-state index is 0.0558. The summed E-state index contributed by atoms with van der Waals surface area (Å²) in [5.41, 5.74) is 2.99. The van der Waals surface area contributed by atoms with Gasteiger partial charge in [0.15, 0.2) is 0 Å². The van der Waals surface area contributed by atoms with Crippen LogP contribution in [0.4, 0.5) is 13.2 Å². The summed E-state index contributed by atoms with van der Waals surface area (Å²) in [7, 11) is 0. The molecule has 0 atom stereocenters. The van der Waals surface area contributed by atoms with E-state index >= 15 is 0 Å². The van der Waals surface area contributed by atoms with Crippen LogP contribution in [0.1, 0.15) is 24.2 Å². The molecule has 0 aliphatic carbocycles. The van der Waals surface area contributed by atoms with Crippen LogP contribution in [0.5, 0.6) is 5.75 Å². The van der Waals surface area contributed by atoms with Gasteiger partial charge in [0.1, 0.15) is 5.75 Å². The average Bonchev–Trinajstić information content (AvgIpc) is 3.04. The molecule has 0 aliphatic heterocycles. The van der Waals surface area contributed by atoms with E-state index in [1.807, 2.05) is 19.9 Å². The number of carbonyl (C=O) groups is 2. The number of hydrogen-bond donors (Lipinski definition) is 1. The van der Waals surface area contributed by atoms with E-state index in [9.17, 15) is 22.8 Å². The van der Waals surface area contributed by atoms with Crippen LogP contribution in [0.3, 0.4) is 0 Å². The zero-order chi connectivity index (χ0) is 22.1. The molecule has 1 N–H and O–H groups in total.